The smallest absolute Gasteiger partial charge is 0.170 e. The van der Waals surface area contributed by atoms with Gasteiger partial charge in [0.2, 0.25) is 0 Å². The number of hydrogen-bond acceptors (Lipinski definition) is 3. The highest BCUT2D eigenvalue weighted by Gasteiger charge is 2.39. The molecule has 4 rings (SSSR count). The highest BCUT2D eigenvalue weighted by atomic mass is 35.5. The molecule has 0 bridgehead atoms. The minimum atomic E-state index is -0.0642. The molecule has 4 nitrogen and oxygen atoms in total. The van der Waals surface area contributed by atoms with E-state index in [4.69, 9.17) is 28.2 Å². The molecule has 1 saturated heterocycles. The summed E-state index contributed by atoms with van der Waals surface area (Å²) in [4.78, 5) is 6.50. The molecule has 0 aliphatic carbocycles. The lowest BCUT2D eigenvalue weighted by molar-refractivity contribution is 0.310. The summed E-state index contributed by atoms with van der Waals surface area (Å²) in [6.45, 7) is 1.99. The third kappa shape index (κ3) is 2.87. The van der Waals surface area contributed by atoms with E-state index in [0.717, 1.165) is 33.4 Å². The zero-order valence-corrected chi connectivity index (χ0v) is 16.0. The molecule has 2 atom stereocenters. The number of furan rings is 1. The highest BCUT2D eigenvalue weighted by molar-refractivity contribution is 7.80. The van der Waals surface area contributed by atoms with Crippen molar-refractivity contribution in [1.29, 1.82) is 0 Å². The molecule has 0 amide bonds. The fourth-order valence-electron chi connectivity index (χ4n) is 3.35. The van der Waals surface area contributed by atoms with Crippen LogP contribution < -0.4 is 5.32 Å². The molecule has 1 fully saturated rings. The van der Waals surface area contributed by atoms with Gasteiger partial charge in [-0.05, 0) is 55.0 Å². The average Bonchev–Trinajstić information content (AvgIpc) is 3.23. The second-order valence-electron chi connectivity index (χ2n) is 6.35. The van der Waals surface area contributed by atoms with Gasteiger partial charge in [-0.3, -0.25) is 4.98 Å². The Morgan fingerprint density at radius 2 is 2.00 bits per heavy atom. The lowest BCUT2D eigenvalue weighted by Crippen LogP contribution is -2.24. The molecule has 0 saturated carbocycles. The number of aromatic nitrogens is 1. The van der Waals surface area contributed by atoms with Crippen LogP contribution in [0.3, 0.4) is 0 Å². The molecule has 3 heterocycles. The van der Waals surface area contributed by atoms with Gasteiger partial charge >= 0.3 is 0 Å². The molecule has 0 unspecified atom stereocenters. The van der Waals surface area contributed by atoms with Crippen LogP contribution in [0.4, 0.5) is 0 Å². The molecule has 2 aromatic heterocycles. The Bertz CT molecular complexity index is 957. The standard InChI is InChI=1S/C20H18ClN3OS/c1-12-13(6-5-7-14(12)21)16-9-10-17(25-16)19-18(23-20(26)24(19)2)15-8-3-4-11-22-15/h3-11,18-19H,1-2H3,(H,23,26)/t18-,19+/m1/s1. The molecule has 3 aromatic rings. The summed E-state index contributed by atoms with van der Waals surface area (Å²) in [7, 11) is 1.97. The van der Waals surface area contributed by atoms with E-state index >= 15 is 0 Å². The number of rotatable bonds is 3. The molecule has 1 aliphatic heterocycles. The zero-order valence-electron chi connectivity index (χ0n) is 14.4. The summed E-state index contributed by atoms with van der Waals surface area (Å²) < 4.78 is 6.23. The van der Waals surface area contributed by atoms with E-state index in [2.05, 4.69) is 10.3 Å². The van der Waals surface area contributed by atoms with Crippen LogP contribution >= 0.6 is 23.8 Å². The third-order valence-corrected chi connectivity index (χ3v) is 5.61. The third-order valence-electron chi connectivity index (χ3n) is 4.79. The van der Waals surface area contributed by atoms with Crippen molar-refractivity contribution >= 4 is 28.9 Å². The maximum atomic E-state index is 6.26. The Labute approximate surface area is 162 Å². The van der Waals surface area contributed by atoms with Crippen LogP contribution in [0.15, 0.2) is 59.1 Å². The maximum Gasteiger partial charge on any atom is 0.170 e. The Morgan fingerprint density at radius 1 is 1.15 bits per heavy atom. The number of nitrogens with zero attached hydrogens (tertiary/aromatic N) is 2. The van der Waals surface area contributed by atoms with Crippen LogP contribution in [0.5, 0.6) is 0 Å². The van der Waals surface area contributed by atoms with Crippen molar-refractivity contribution in [3.05, 3.63) is 76.8 Å². The zero-order chi connectivity index (χ0) is 18.3. The summed E-state index contributed by atoms with van der Waals surface area (Å²) >= 11 is 11.7. The van der Waals surface area contributed by atoms with Crippen molar-refractivity contribution < 1.29 is 4.42 Å². The van der Waals surface area contributed by atoms with Gasteiger partial charge in [-0.2, -0.15) is 0 Å². The van der Waals surface area contributed by atoms with Crippen molar-refractivity contribution in [3.8, 4) is 11.3 Å². The molecule has 1 aliphatic rings. The number of benzene rings is 1. The first-order chi connectivity index (χ1) is 12.6. The van der Waals surface area contributed by atoms with Crippen LogP contribution in [0, 0.1) is 6.92 Å². The van der Waals surface area contributed by atoms with Gasteiger partial charge in [0.05, 0.1) is 11.7 Å². The first kappa shape index (κ1) is 17.1. The van der Waals surface area contributed by atoms with Crippen LogP contribution in [0.25, 0.3) is 11.3 Å². The SMILES string of the molecule is Cc1c(Cl)cccc1-c1ccc([C@H]2[C@@H](c3ccccn3)NC(=S)N2C)o1. The van der Waals surface area contributed by atoms with Crippen molar-refractivity contribution in [2.24, 2.45) is 0 Å². The largest absolute Gasteiger partial charge is 0.459 e. The molecule has 0 radical (unpaired) electrons. The molecule has 1 aromatic carbocycles. The fourth-order valence-corrected chi connectivity index (χ4v) is 3.76. The van der Waals surface area contributed by atoms with Crippen molar-refractivity contribution in [2.45, 2.75) is 19.0 Å². The molecule has 132 valence electrons. The molecule has 0 spiro atoms. The summed E-state index contributed by atoms with van der Waals surface area (Å²) in [5.74, 6) is 1.64. The van der Waals surface area contributed by atoms with E-state index in [0.29, 0.717) is 5.11 Å². The normalized spacial score (nSPS) is 19.7. The van der Waals surface area contributed by atoms with E-state index in [1.54, 1.807) is 6.20 Å². The molecule has 6 heteroatoms. The number of likely N-dealkylation sites (N-methyl/N-ethyl adjacent to an activating group) is 1. The minimum Gasteiger partial charge on any atom is -0.459 e. The summed E-state index contributed by atoms with van der Waals surface area (Å²) in [6.07, 6.45) is 1.79. The average molecular weight is 384 g/mol. The topological polar surface area (TPSA) is 41.3 Å². The van der Waals surface area contributed by atoms with E-state index < -0.39 is 0 Å². The van der Waals surface area contributed by atoms with Crippen molar-refractivity contribution in [2.75, 3.05) is 7.05 Å². The Hall–Kier alpha value is -2.37. The summed E-state index contributed by atoms with van der Waals surface area (Å²) in [5.41, 5.74) is 2.93. The monoisotopic (exact) mass is 383 g/mol. The lowest BCUT2D eigenvalue weighted by atomic mass is 10.0. The summed E-state index contributed by atoms with van der Waals surface area (Å²) in [5, 5.41) is 4.76. The van der Waals surface area contributed by atoms with Gasteiger partial charge in [-0.1, -0.05) is 29.8 Å². The molecular formula is C20H18ClN3OS. The van der Waals surface area contributed by atoms with Crippen LogP contribution in [0.1, 0.15) is 29.1 Å². The molecule has 26 heavy (non-hydrogen) atoms. The Morgan fingerprint density at radius 3 is 2.77 bits per heavy atom. The van der Waals surface area contributed by atoms with Crippen molar-refractivity contribution in [3.63, 3.8) is 0 Å². The minimum absolute atomic E-state index is 0.0619. The number of pyridine rings is 1. The predicted molar refractivity (Wildman–Crippen MR) is 107 cm³/mol. The summed E-state index contributed by atoms with van der Waals surface area (Å²) in [6, 6.07) is 15.6. The van der Waals surface area contributed by atoms with Crippen LogP contribution in [-0.4, -0.2) is 22.0 Å². The van der Waals surface area contributed by atoms with Gasteiger partial charge in [-0.25, -0.2) is 0 Å². The number of nitrogens with one attached hydrogen (secondary N) is 1. The Kier molecular flexibility index (Phi) is 4.42. The van der Waals surface area contributed by atoms with Gasteiger partial charge in [0.25, 0.3) is 0 Å². The van der Waals surface area contributed by atoms with Crippen molar-refractivity contribution in [1.82, 2.24) is 15.2 Å². The van der Waals surface area contributed by atoms with E-state index in [9.17, 15) is 0 Å². The van der Waals surface area contributed by atoms with Crippen LogP contribution in [0.2, 0.25) is 5.02 Å². The van der Waals surface area contributed by atoms with Gasteiger partial charge in [-0.15, -0.1) is 0 Å². The predicted octanol–water partition coefficient (Wildman–Crippen LogP) is 4.91. The number of halogens is 1. The second-order valence-corrected chi connectivity index (χ2v) is 7.15. The van der Waals surface area contributed by atoms with E-state index in [1.807, 2.05) is 67.4 Å². The van der Waals surface area contributed by atoms with Gasteiger partial charge in [0.1, 0.15) is 17.6 Å². The van der Waals surface area contributed by atoms with Gasteiger partial charge in [0, 0.05) is 23.8 Å². The van der Waals surface area contributed by atoms with E-state index in [-0.39, 0.29) is 12.1 Å². The van der Waals surface area contributed by atoms with E-state index in [1.165, 1.54) is 0 Å². The lowest BCUT2D eigenvalue weighted by Gasteiger charge is -2.21. The maximum absolute atomic E-state index is 6.26. The van der Waals surface area contributed by atoms with Crippen LogP contribution in [-0.2, 0) is 0 Å². The van der Waals surface area contributed by atoms with Gasteiger partial charge < -0.3 is 14.6 Å². The molecular weight excluding hydrogens is 366 g/mol. The van der Waals surface area contributed by atoms with Gasteiger partial charge in [0.15, 0.2) is 5.11 Å². The second kappa shape index (κ2) is 6.74. The molecule has 1 N–H and O–H groups in total. The first-order valence-electron chi connectivity index (χ1n) is 8.35. The quantitative estimate of drug-likeness (QED) is 0.651. The first-order valence-corrected chi connectivity index (χ1v) is 9.14. The number of thiocarbonyl (C=S) groups is 1. The highest BCUT2D eigenvalue weighted by Crippen LogP contribution is 2.40. The fraction of sp³-hybridized carbons (Fsp3) is 0.200. The number of hydrogen-bond donors (Lipinski definition) is 1. The Balaban J connectivity index is 1.73.